The van der Waals surface area contributed by atoms with Crippen molar-refractivity contribution in [2.24, 2.45) is 5.73 Å². The Kier molecular flexibility index (Phi) is 3.48. The predicted molar refractivity (Wildman–Crippen MR) is 52.4 cm³/mol. The zero-order chi connectivity index (χ0) is 9.84. The average molecular weight is 182 g/mol. The standard InChI is InChI=1S/C10H18N2O/c1-4-5-7(2)9-6-10(8(3)11)13-12-9/h6-8H,4-5,11H2,1-3H3. The van der Waals surface area contributed by atoms with E-state index < -0.39 is 0 Å². The van der Waals surface area contributed by atoms with Crippen LogP contribution < -0.4 is 5.73 Å². The van der Waals surface area contributed by atoms with E-state index in [9.17, 15) is 0 Å². The Hall–Kier alpha value is -0.830. The van der Waals surface area contributed by atoms with Gasteiger partial charge >= 0.3 is 0 Å². The zero-order valence-corrected chi connectivity index (χ0v) is 8.58. The molecule has 3 heteroatoms. The number of nitrogens with zero attached hydrogens (tertiary/aromatic N) is 1. The molecule has 0 saturated carbocycles. The Bertz CT molecular complexity index is 255. The van der Waals surface area contributed by atoms with E-state index in [2.05, 4.69) is 19.0 Å². The maximum atomic E-state index is 5.67. The van der Waals surface area contributed by atoms with Crippen molar-refractivity contribution in [1.82, 2.24) is 5.16 Å². The lowest BCUT2D eigenvalue weighted by Crippen LogP contribution is -2.02. The Morgan fingerprint density at radius 3 is 2.69 bits per heavy atom. The van der Waals surface area contributed by atoms with Crippen molar-refractivity contribution in [3.05, 3.63) is 17.5 Å². The fourth-order valence-electron chi connectivity index (χ4n) is 1.33. The van der Waals surface area contributed by atoms with Crippen LogP contribution in [0.2, 0.25) is 0 Å². The highest BCUT2D eigenvalue weighted by atomic mass is 16.5. The minimum atomic E-state index is -0.0601. The Labute approximate surface area is 79.3 Å². The summed E-state index contributed by atoms with van der Waals surface area (Å²) in [4.78, 5) is 0. The summed E-state index contributed by atoms with van der Waals surface area (Å²) in [5, 5.41) is 4.00. The number of aromatic nitrogens is 1. The first-order valence-electron chi connectivity index (χ1n) is 4.87. The van der Waals surface area contributed by atoms with Gasteiger partial charge in [0.25, 0.3) is 0 Å². The van der Waals surface area contributed by atoms with Crippen LogP contribution in [-0.2, 0) is 0 Å². The maximum absolute atomic E-state index is 5.67. The molecule has 0 amide bonds. The normalized spacial score (nSPS) is 15.7. The molecule has 1 aromatic heterocycles. The van der Waals surface area contributed by atoms with Gasteiger partial charge in [-0.2, -0.15) is 0 Å². The molecule has 0 aromatic carbocycles. The summed E-state index contributed by atoms with van der Waals surface area (Å²) < 4.78 is 5.12. The second-order valence-electron chi connectivity index (χ2n) is 3.63. The third kappa shape index (κ3) is 2.56. The summed E-state index contributed by atoms with van der Waals surface area (Å²) in [7, 11) is 0. The van der Waals surface area contributed by atoms with E-state index in [4.69, 9.17) is 10.3 Å². The van der Waals surface area contributed by atoms with Gasteiger partial charge in [0, 0.05) is 12.0 Å². The zero-order valence-electron chi connectivity index (χ0n) is 8.58. The van der Waals surface area contributed by atoms with Gasteiger partial charge in [-0.15, -0.1) is 0 Å². The second-order valence-corrected chi connectivity index (χ2v) is 3.63. The number of rotatable bonds is 4. The molecular formula is C10H18N2O. The van der Waals surface area contributed by atoms with Crippen LogP contribution in [0.3, 0.4) is 0 Å². The van der Waals surface area contributed by atoms with Gasteiger partial charge < -0.3 is 10.3 Å². The van der Waals surface area contributed by atoms with Gasteiger partial charge in [-0.25, -0.2) is 0 Å². The predicted octanol–water partition coefficient (Wildman–Crippen LogP) is 2.60. The fraction of sp³-hybridized carbons (Fsp3) is 0.700. The molecule has 2 unspecified atom stereocenters. The van der Waals surface area contributed by atoms with Gasteiger partial charge in [0.15, 0.2) is 5.76 Å². The summed E-state index contributed by atoms with van der Waals surface area (Å²) in [5.74, 6) is 1.25. The fourth-order valence-corrected chi connectivity index (χ4v) is 1.33. The molecule has 1 aromatic rings. The van der Waals surface area contributed by atoms with Gasteiger partial charge in [-0.05, 0) is 13.3 Å². The van der Waals surface area contributed by atoms with E-state index in [1.54, 1.807) is 0 Å². The molecule has 74 valence electrons. The smallest absolute Gasteiger partial charge is 0.153 e. The van der Waals surface area contributed by atoms with E-state index in [0.717, 1.165) is 17.9 Å². The van der Waals surface area contributed by atoms with Crippen molar-refractivity contribution < 1.29 is 4.52 Å². The monoisotopic (exact) mass is 182 g/mol. The summed E-state index contributed by atoms with van der Waals surface area (Å²) in [5.41, 5.74) is 6.69. The largest absolute Gasteiger partial charge is 0.359 e. The SMILES string of the molecule is CCCC(C)c1cc(C(C)N)on1. The molecule has 0 saturated heterocycles. The van der Waals surface area contributed by atoms with Crippen LogP contribution in [0.25, 0.3) is 0 Å². The summed E-state index contributed by atoms with van der Waals surface area (Å²) >= 11 is 0. The van der Waals surface area contributed by atoms with Gasteiger partial charge in [0.1, 0.15) is 0 Å². The highest BCUT2D eigenvalue weighted by Crippen LogP contribution is 2.21. The van der Waals surface area contributed by atoms with Gasteiger partial charge in [0.05, 0.1) is 11.7 Å². The lowest BCUT2D eigenvalue weighted by molar-refractivity contribution is 0.358. The highest BCUT2D eigenvalue weighted by molar-refractivity contribution is 5.11. The van der Waals surface area contributed by atoms with Crippen molar-refractivity contribution in [2.45, 2.75) is 45.6 Å². The Balaban J connectivity index is 2.67. The first-order chi connectivity index (χ1) is 6.15. The molecule has 3 nitrogen and oxygen atoms in total. The molecular weight excluding hydrogens is 164 g/mol. The maximum Gasteiger partial charge on any atom is 0.153 e. The summed E-state index contributed by atoms with van der Waals surface area (Å²) in [6.07, 6.45) is 2.31. The Morgan fingerprint density at radius 2 is 2.23 bits per heavy atom. The van der Waals surface area contributed by atoms with Crippen LogP contribution in [0.4, 0.5) is 0 Å². The van der Waals surface area contributed by atoms with Crippen LogP contribution in [0.5, 0.6) is 0 Å². The molecule has 0 radical (unpaired) electrons. The molecule has 0 fully saturated rings. The molecule has 0 aliphatic rings. The van der Waals surface area contributed by atoms with Crippen molar-refractivity contribution in [1.29, 1.82) is 0 Å². The summed E-state index contributed by atoms with van der Waals surface area (Å²) in [6.45, 7) is 6.23. The molecule has 1 heterocycles. The van der Waals surface area contributed by atoms with Gasteiger partial charge in [0.2, 0.25) is 0 Å². The van der Waals surface area contributed by atoms with E-state index in [1.807, 2.05) is 13.0 Å². The minimum absolute atomic E-state index is 0.0601. The quantitative estimate of drug-likeness (QED) is 0.778. The molecule has 0 aliphatic carbocycles. The van der Waals surface area contributed by atoms with Crippen molar-refractivity contribution >= 4 is 0 Å². The van der Waals surface area contributed by atoms with E-state index >= 15 is 0 Å². The van der Waals surface area contributed by atoms with E-state index in [1.165, 1.54) is 6.42 Å². The molecule has 0 aliphatic heterocycles. The molecule has 13 heavy (non-hydrogen) atoms. The highest BCUT2D eigenvalue weighted by Gasteiger charge is 2.12. The third-order valence-corrected chi connectivity index (χ3v) is 2.22. The summed E-state index contributed by atoms with van der Waals surface area (Å²) in [6, 6.07) is 1.90. The minimum Gasteiger partial charge on any atom is -0.359 e. The van der Waals surface area contributed by atoms with E-state index in [-0.39, 0.29) is 6.04 Å². The van der Waals surface area contributed by atoms with Crippen LogP contribution in [0.1, 0.15) is 57.0 Å². The first-order valence-corrected chi connectivity index (χ1v) is 4.87. The van der Waals surface area contributed by atoms with Crippen molar-refractivity contribution in [2.75, 3.05) is 0 Å². The topological polar surface area (TPSA) is 52.0 Å². The second kappa shape index (κ2) is 4.42. The molecule has 2 N–H and O–H groups in total. The van der Waals surface area contributed by atoms with Crippen molar-refractivity contribution in [3.8, 4) is 0 Å². The van der Waals surface area contributed by atoms with E-state index in [0.29, 0.717) is 5.92 Å². The molecule has 2 atom stereocenters. The van der Waals surface area contributed by atoms with Crippen molar-refractivity contribution in [3.63, 3.8) is 0 Å². The van der Waals surface area contributed by atoms with Crippen LogP contribution in [0, 0.1) is 0 Å². The molecule has 0 bridgehead atoms. The van der Waals surface area contributed by atoms with Crippen LogP contribution >= 0.6 is 0 Å². The molecule has 1 rings (SSSR count). The Morgan fingerprint density at radius 1 is 1.54 bits per heavy atom. The molecule has 0 spiro atoms. The van der Waals surface area contributed by atoms with Crippen LogP contribution in [-0.4, -0.2) is 5.16 Å². The van der Waals surface area contributed by atoms with Crippen LogP contribution in [0.15, 0.2) is 10.6 Å². The number of hydrogen-bond donors (Lipinski definition) is 1. The van der Waals surface area contributed by atoms with Gasteiger partial charge in [-0.3, -0.25) is 0 Å². The lowest BCUT2D eigenvalue weighted by Gasteiger charge is -2.03. The average Bonchev–Trinajstić information content (AvgIpc) is 2.52. The van der Waals surface area contributed by atoms with Gasteiger partial charge in [-0.1, -0.05) is 25.4 Å². The first kappa shape index (κ1) is 10.3. The third-order valence-electron chi connectivity index (χ3n) is 2.22. The lowest BCUT2D eigenvalue weighted by atomic mass is 10.0. The number of nitrogens with two attached hydrogens (primary N) is 1. The number of hydrogen-bond acceptors (Lipinski definition) is 3.